The lowest BCUT2D eigenvalue weighted by molar-refractivity contribution is 0.0976. The second kappa shape index (κ2) is 8.44. The van der Waals surface area contributed by atoms with Gasteiger partial charge in [-0.15, -0.1) is 0 Å². The molecular formula is C27H21Cl2FN2O. The standard InChI is InChI=1S/C27H21Cl2FN2O/c1-15-7-8-17-13-19(30)10-12-24(17)32(15)27(33)25-16(2)26(20-11-9-18(28)14-22(20)29)31-23-6-4-3-5-21(23)25/h3-6,9-15H,7-8H2,1-2H3. The van der Waals surface area contributed by atoms with E-state index in [0.717, 1.165) is 35.0 Å². The molecule has 0 saturated heterocycles. The first-order chi connectivity index (χ1) is 15.8. The zero-order valence-corrected chi connectivity index (χ0v) is 19.7. The van der Waals surface area contributed by atoms with Gasteiger partial charge in [0.15, 0.2) is 0 Å². The summed E-state index contributed by atoms with van der Waals surface area (Å²) in [5.74, 6) is -0.418. The van der Waals surface area contributed by atoms with Gasteiger partial charge in [0.25, 0.3) is 5.91 Å². The average Bonchev–Trinajstić information content (AvgIpc) is 2.79. The number of aromatic nitrogens is 1. The number of para-hydroxylation sites is 1. The molecule has 0 saturated carbocycles. The monoisotopic (exact) mass is 478 g/mol. The van der Waals surface area contributed by atoms with E-state index < -0.39 is 0 Å². The van der Waals surface area contributed by atoms with E-state index in [4.69, 9.17) is 28.2 Å². The SMILES string of the molecule is Cc1c(-c2ccc(Cl)cc2Cl)nc2ccccc2c1C(=O)N1c2ccc(F)cc2CCC1C. The zero-order chi connectivity index (χ0) is 23.3. The summed E-state index contributed by atoms with van der Waals surface area (Å²) in [6, 6.07) is 17.5. The van der Waals surface area contributed by atoms with Crippen LogP contribution in [0, 0.1) is 12.7 Å². The molecule has 1 aromatic heterocycles. The summed E-state index contributed by atoms with van der Waals surface area (Å²) in [7, 11) is 0. The number of aryl methyl sites for hydroxylation is 1. The van der Waals surface area contributed by atoms with Crippen LogP contribution in [0.4, 0.5) is 10.1 Å². The Morgan fingerprint density at radius 3 is 2.67 bits per heavy atom. The Kier molecular flexibility index (Phi) is 5.59. The van der Waals surface area contributed by atoms with Gasteiger partial charge in [-0.05, 0) is 80.3 Å². The lowest BCUT2D eigenvalue weighted by atomic mass is 9.92. The van der Waals surface area contributed by atoms with Gasteiger partial charge in [0.1, 0.15) is 5.82 Å². The highest BCUT2D eigenvalue weighted by Gasteiger charge is 2.32. The molecule has 1 atom stereocenters. The van der Waals surface area contributed by atoms with Crippen LogP contribution in [0.2, 0.25) is 10.0 Å². The largest absolute Gasteiger partial charge is 0.305 e. The summed E-state index contributed by atoms with van der Waals surface area (Å²) in [6.07, 6.45) is 1.50. The third kappa shape index (κ3) is 3.77. The van der Waals surface area contributed by atoms with E-state index in [1.54, 1.807) is 23.1 Å². The number of anilines is 1. The summed E-state index contributed by atoms with van der Waals surface area (Å²) in [4.78, 5) is 20.8. The number of carbonyl (C=O) groups is 1. The number of pyridine rings is 1. The predicted molar refractivity (Wildman–Crippen MR) is 133 cm³/mol. The summed E-state index contributed by atoms with van der Waals surface area (Å²) >= 11 is 12.6. The number of halogens is 3. The van der Waals surface area contributed by atoms with Crippen LogP contribution in [0.5, 0.6) is 0 Å². The first kappa shape index (κ1) is 21.9. The quantitative estimate of drug-likeness (QED) is 0.296. The fourth-order valence-corrected chi connectivity index (χ4v) is 5.17. The van der Waals surface area contributed by atoms with Crippen LogP contribution >= 0.6 is 23.2 Å². The highest BCUT2D eigenvalue weighted by atomic mass is 35.5. The normalized spacial score (nSPS) is 15.5. The maximum absolute atomic E-state index is 14.2. The van der Waals surface area contributed by atoms with Crippen molar-refractivity contribution < 1.29 is 9.18 Å². The summed E-state index contributed by atoms with van der Waals surface area (Å²) < 4.78 is 13.9. The first-order valence-corrected chi connectivity index (χ1v) is 11.6. The molecule has 1 aliphatic rings. The molecule has 6 heteroatoms. The van der Waals surface area contributed by atoms with Crippen molar-refractivity contribution in [3.8, 4) is 11.3 Å². The number of carbonyl (C=O) groups excluding carboxylic acids is 1. The van der Waals surface area contributed by atoms with Crippen LogP contribution in [0.1, 0.15) is 34.8 Å². The zero-order valence-electron chi connectivity index (χ0n) is 18.2. The molecule has 166 valence electrons. The molecule has 3 nitrogen and oxygen atoms in total. The van der Waals surface area contributed by atoms with Crippen molar-refractivity contribution in [2.45, 2.75) is 32.7 Å². The Hall–Kier alpha value is -2.95. The molecule has 0 bridgehead atoms. The van der Waals surface area contributed by atoms with Gasteiger partial charge in [0.2, 0.25) is 0 Å². The smallest absolute Gasteiger partial charge is 0.259 e. The number of fused-ring (bicyclic) bond motifs is 2. The van der Waals surface area contributed by atoms with Crippen LogP contribution in [0.3, 0.4) is 0 Å². The van der Waals surface area contributed by atoms with Gasteiger partial charge in [0.05, 0.1) is 21.8 Å². The Balaban J connectivity index is 1.75. The van der Waals surface area contributed by atoms with Gasteiger partial charge in [-0.3, -0.25) is 4.79 Å². The van der Waals surface area contributed by atoms with E-state index in [-0.39, 0.29) is 17.8 Å². The Bertz CT molecular complexity index is 1420. The van der Waals surface area contributed by atoms with E-state index in [2.05, 4.69) is 0 Å². The minimum Gasteiger partial charge on any atom is -0.305 e. The van der Waals surface area contributed by atoms with Crippen LogP contribution in [-0.4, -0.2) is 16.9 Å². The number of rotatable bonds is 2. The van der Waals surface area contributed by atoms with E-state index in [9.17, 15) is 9.18 Å². The molecular weight excluding hydrogens is 458 g/mol. The van der Waals surface area contributed by atoms with Crippen molar-refractivity contribution in [1.82, 2.24) is 4.98 Å². The molecule has 0 spiro atoms. The van der Waals surface area contributed by atoms with Crippen molar-refractivity contribution in [3.05, 3.63) is 93.2 Å². The van der Waals surface area contributed by atoms with E-state index in [0.29, 0.717) is 32.4 Å². The minimum absolute atomic E-state index is 0.0237. The van der Waals surface area contributed by atoms with Gasteiger partial charge >= 0.3 is 0 Å². The van der Waals surface area contributed by atoms with Gasteiger partial charge in [-0.1, -0.05) is 41.4 Å². The predicted octanol–water partition coefficient (Wildman–Crippen LogP) is 7.64. The maximum atomic E-state index is 14.2. The van der Waals surface area contributed by atoms with Gasteiger partial charge in [0, 0.05) is 27.7 Å². The second-order valence-electron chi connectivity index (χ2n) is 8.44. The molecule has 1 aliphatic heterocycles. The molecule has 1 amide bonds. The van der Waals surface area contributed by atoms with Crippen LogP contribution in [-0.2, 0) is 6.42 Å². The van der Waals surface area contributed by atoms with Crippen molar-refractivity contribution in [3.63, 3.8) is 0 Å². The number of amides is 1. The van der Waals surface area contributed by atoms with Gasteiger partial charge in [-0.25, -0.2) is 9.37 Å². The number of benzene rings is 3. The second-order valence-corrected chi connectivity index (χ2v) is 9.28. The molecule has 0 fully saturated rings. The van der Waals surface area contributed by atoms with Crippen LogP contribution in [0.25, 0.3) is 22.2 Å². The highest BCUT2D eigenvalue weighted by molar-refractivity contribution is 6.36. The van der Waals surface area contributed by atoms with Gasteiger partial charge < -0.3 is 4.90 Å². The van der Waals surface area contributed by atoms with Crippen molar-refractivity contribution in [1.29, 1.82) is 0 Å². The lowest BCUT2D eigenvalue weighted by Gasteiger charge is -2.36. The molecule has 1 unspecified atom stereocenters. The highest BCUT2D eigenvalue weighted by Crippen LogP contribution is 2.38. The summed E-state index contributed by atoms with van der Waals surface area (Å²) in [5, 5.41) is 1.78. The third-order valence-electron chi connectivity index (χ3n) is 6.33. The average molecular weight is 479 g/mol. The maximum Gasteiger partial charge on any atom is 0.259 e. The van der Waals surface area contributed by atoms with Crippen LogP contribution < -0.4 is 4.90 Å². The number of hydrogen-bond donors (Lipinski definition) is 0. The molecule has 4 aromatic rings. The molecule has 33 heavy (non-hydrogen) atoms. The fraction of sp³-hybridized carbons (Fsp3) is 0.185. The Labute approximate surface area is 201 Å². The summed E-state index contributed by atoms with van der Waals surface area (Å²) in [6.45, 7) is 3.92. The lowest BCUT2D eigenvalue weighted by Crippen LogP contribution is -2.42. The molecule has 0 N–H and O–H groups in total. The van der Waals surface area contributed by atoms with Crippen LogP contribution in [0.15, 0.2) is 60.7 Å². The molecule has 3 aromatic carbocycles. The minimum atomic E-state index is -0.291. The van der Waals surface area contributed by atoms with E-state index in [1.165, 1.54) is 12.1 Å². The van der Waals surface area contributed by atoms with E-state index >= 15 is 0 Å². The summed E-state index contributed by atoms with van der Waals surface area (Å²) in [5.41, 5.74) is 4.98. The number of nitrogens with zero attached hydrogens (tertiary/aromatic N) is 2. The topological polar surface area (TPSA) is 33.2 Å². The molecule has 0 radical (unpaired) electrons. The molecule has 2 heterocycles. The van der Waals surface area contributed by atoms with Crippen molar-refractivity contribution >= 4 is 45.7 Å². The molecule has 5 rings (SSSR count). The third-order valence-corrected chi connectivity index (χ3v) is 6.88. The number of hydrogen-bond acceptors (Lipinski definition) is 2. The fourth-order valence-electron chi connectivity index (χ4n) is 4.68. The first-order valence-electron chi connectivity index (χ1n) is 10.8. The van der Waals surface area contributed by atoms with E-state index in [1.807, 2.05) is 44.2 Å². The Morgan fingerprint density at radius 2 is 1.88 bits per heavy atom. The Morgan fingerprint density at radius 1 is 1.09 bits per heavy atom. The molecule has 0 aliphatic carbocycles. The van der Waals surface area contributed by atoms with Gasteiger partial charge in [-0.2, -0.15) is 0 Å². The van der Waals surface area contributed by atoms with Crippen molar-refractivity contribution in [2.75, 3.05) is 4.90 Å². The van der Waals surface area contributed by atoms with Crippen molar-refractivity contribution in [2.24, 2.45) is 0 Å².